The van der Waals surface area contributed by atoms with Crippen molar-refractivity contribution in [1.29, 1.82) is 0 Å². The summed E-state index contributed by atoms with van der Waals surface area (Å²) in [6, 6.07) is 22.4. The van der Waals surface area contributed by atoms with Crippen LogP contribution in [0.5, 0.6) is 11.5 Å². The Morgan fingerprint density at radius 2 is 1.50 bits per heavy atom. The second-order valence-electron chi connectivity index (χ2n) is 7.27. The highest BCUT2D eigenvalue weighted by Gasteiger charge is 2.12. The van der Waals surface area contributed by atoms with E-state index in [4.69, 9.17) is 4.74 Å². The van der Waals surface area contributed by atoms with E-state index in [-0.39, 0.29) is 11.6 Å². The third-order valence-corrected chi connectivity index (χ3v) is 5.16. The summed E-state index contributed by atoms with van der Waals surface area (Å²) in [5, 5.41) is 3.33. The van der Waals surface area contributed by atoms with Crippen LogP contribution in [0.4, 0.5) is 18.9 Å². The number of thiol groups is 1. The normalized spacial score (nSPS) is 10.8. The van der Waals surface area contributed by atoms with Gasteiger partial charge in [0, 0.05) is 47.0 Å². The lowest BCUT2D eigenvalue weighted by Gasteiger charge is -2.15. The summed E-state index contributed by atoms with van der Waals surface area (Å²) in [5.74, 6) is -1.50. The van der Waals surface area contributed by atoms with Crippen molar-refractivity contribution in [1.82, 2.24) is 0 Å². The van der Waals surface area contributed by atoms with Crippen molar-refractivity contribution in [3.63, 3.8) is 0 Å². The van der Waals surface area contributed by atoms with Crippen LogP contribution >= 0.6 is 12.6 Å². The highest BCUT2D eigenvalue weighted by molar-refractivity contribution is 7.80. The summed E-state index contributed by atoms with van der Waals surface area (Å²) in [7, 11) is 0. The lowest BCUT2D eigenvalue weighted by atomic mass is 10.0. The molecule has 4 aromatic carbocycles. The van der Waals surface area contributed by atoms with Crippen LogP contribution in [0.1, 0.15) is 5.56 Å². The summed E-state index contributed by atoms with van der Waals surface area (Å²) in [5.41, 5.74) is 3.13. The molecule has 162 valence electrons. The molecule has 0 radical (unpaired) electrons. The van der Waals surface area contributed by atoms with Gasteiger partial charge in [0.1, 0.15) is 29.0 Å². The van der Waals surface area contributed by atoms with Crippen molar-refractivity contribution < 1.29 is 17.9 Å². The number of benzene rings is 4. The van der Waals surface area contributed by atoms with Crippen molar-refractivity contribution in [3.8, 4) is 22.6 Å². The smallest absolute Gasteiger partial charge is 0.137 e. The topological polar surface area (TPSA) is 21.3 Å². The summed E-state index contributed by atoms with van der Waals surface area (Å²) in [4.78, 5) is 0.908. The number of rotatable bonds is 7. The predicted molar refractivity (Wildman–Crippen MR) is 124 cm³/mol. The molecule has 1 N–H and O–H groups in total. The van der Waals surface area contributed by atoms with Crippen LogP contribution in [0.2, 0.25) is 0 Å². The minimum atomic E-state index is -0.742. The van der Waals surface area contributed by atoms with Crippen LogP contribution in [-0.4, -0.2) is 6.54 Å². The standard InChI is InChI=1S/C26H20F3NOS/c27-19-3-1-2-18(12-19)25-9-6-22(30-11-10-17-4-7-24(32)8-5-17)16-26(25)31-23-14-20(28)13-21(29)15-23/h1-9,12-16,30,32H,10-11H2. The van der Waals surface area contributed by atoms with Gasteiger partial charge in [0.05, 0.1) is 0 Å². The van der Waals surface area contributed by atoms with Crippen molar-refractivity contribution in [2.75, 3.05) is 11.9 Å². The van der Waals surface area contributed by atoms with E-state index in [1.54, 1.807) is 24.3 Å². The molecule has 6 heteroatoms. The maximum absolute atomic E-state index is 13.8. The number of nitrogens with one attached hydrogen (secondary N) is 1. The van der Waals surface area contributed by atoms with Gasteiger partial charge in [-0.15, -0.1) is 12.6 Å². The fraction of sp³-hybridized carbons (Fsp3) is 0.0769. The lowest BCUT2D eigenvalue weighted by Crippen LogP contribution is -2.05. The number of anilines is 1. The first-order chi connectivity index (χ1) is 15.5. The zero-order valence-corrected chi connectivity index (χ0v) is 17.9. The van der Waals surface area contributed by atoms with Gasteiger partial charge in [-0.1, -0.05) is 24.3 Å². The summed E-state index contributed by atoms with van der Waals surface area (Å²) in [6.07, 6.45) is 0.797. The van der Waals surface area contributed by atoms with Gasteiger partial charge in [0.25, 0.3) is 0 Å². The quantitative estimate of drug-likeness (QED) is 0.284. The molecule has 0 aliphatic heterocycles. The van der Waals surface area contributed by atoms with Crippen molar-refractivity contribution in [3.05, 3.63) is 108 Å². The molecule has 4 rings (SSSR count). The van der Waals surface area contributed by atoms with Gasteiger partial charge < -0.3 is 10.1 Å². The van der Waals surface area contributed by atoms with E-state index in [0.29, 0.717) is 23.4 Å². The van der Waals surface area contributed by atoms with Crippen molar-refractivity contribution >= 4 is 18.3 Å². The molecule has 0 saturated carbocycles. The maximum Gasteiger partial charge on any atom is 0.137 e. The first kappa shape index (κ1) is 21.8. The first-order valence-corrected chi connectivity index (χ1v) is 10.5. The number of hydrogen-bond acceptors (Lipinski definition) is 3. The van der Waals surface area contributed by atoms with Gasteiger partial charge >= 0.3 is 0 Å². The fourth-order valence-corrected chi connectivity index (χ4v) is 3.49. The Morgan fingerprint density at radius 1 is 0.750 bits per heavy atom. The van der Waals surface area contributed by atoms with E-state index < -0.39 is 11.6 Å². The van der Waals surface area contributed by atoms with E-state index in [0.717, 1.165) is 35.2 Å². The van der Waals surface area contributed by atoms with Crippen LogP contribution in [0.25, 0.3) is 11.1 Å². The predicted octanol–water partition coefficient (Wildman–Crippen LogP) is 7.51. The van der Waals surface area contributed by atoms with Crippen LogP contribution in [0.15, 0.2) is 89.8 Å². The van der Waals surface area contributed by atoms with Gasteiger partial charge in [-0.2, -0.15) is 0 Å². The Morgan fingerprint density at radius 3 is 2.22 bits per heavy atom. The fourth-order valence-electron chi connectivity index (χ4n) is 3.34. The average Bonchev–Trinajstić information content (AvgIpc) is 2.75. The average molecular weight is 452 g/mol. The number of halogens is 3. The van der Waals surface area contributed by atoms with Crippen LogP contribution < -0.4 is 10.1 Å². The summed E-state index contributed by atoms with van der Waals surface area (Å²) < 4.78 is 46.9. The molecule has 0 aliphatic carbocycles. The Kier molecular flexibility index (Phi) is 6.71. The molecule has 0 aromatic heterocycles. The van der Waals surface area contributed by atoms with E-state index in [1.807, 2.05) is 30.3 Å². The van der Waals surface area contributed by atoms with Crippen LogP contribution in [0, 0.1) is 17.5 Å². The van der Waals surface area contributed by atoms with Gasteiger partial charge in [-0.3, -0.25) is 0 Å². The molecule has 4 aromatic rings. The molecule has 0 fully saturated rings. The molecule has 0 heterocycles. The number of hydrogen-bond donors (Lipinski definition) is 2. The Hall–Kier alpha value is -3.38. The molecular formula is C26H20F3NOS. The second kappa shape index (κ2) is 9.83. The van der Waals surface area contributed by atoms with Gasteiger partial charge in [0.2, 0.25) is 0 Å². The minimum Gasteiger partial charge on any atom is -0.456 e. The molecule has 0 bridgehead atoms. The van der Waals surface area contributed by atoms with Crippen molar-refractivity contribution in [2.45, 2.75) is 11.3 Å². The third-order valence-electron chi connectivity index (χ3n) is 4.86. The largest absolute Gasteiger partial charge is 0.456 e. The van der Waals surface area contributed by atoms with Gasteiger partial charge in [-0.25, -0.2) is 13.2 Å². The molecule has 0 amide bonds. The number of ether oxygens (including phenoxy) is 1. The maximum atomic E-state index is 13.8. The Bertz CT molecular complexity index is 1210. The summed E-state index contributed by atoms with van der Waals surface area (Å²) in [6.45, 7) is 0.666. The highest BCUT2D eigenvalue weighted by atomic mass is 32.1. The molecule has 0 spiro atoms. The molecule has 32 heavy (non-hydrogen) atoms. The van der Waals surface area contributed by atoms with E-state index in [1.165, 1.54) is 17.7 Å². The highest BCUT2D eigenvalue weighted by Crippen LogP contribution is 2.36. The zero-order valence-electron chi connectivity index (χ0n) is 17.0. The monoisotopic (exact) mass is 451 g/mol. The van der Waals surface area contributed by atoms with E-state index >= 15 is 0 Å². The Labute approximate surface area is 190 Å². The lowest BCUT2D eigenvalue weighted by molar-refractivity contribution is 0.470. The summed E-state index contributed by atoms with van der Waals surface area (Å²) >= 11 is 4.29. The molecule has 0 atom stereocenters. The van der Waals surface area contributed by atoms with Gasteiger partial charge in [0.15, 0.2) is 0 Å². The van der Waals surface area contributed by atoms with E-state index in [2.05, 4.69) is 17.9 Å². The molecule has 0 saturated heterocycles. The molecule has 0 aliphatic rings. The van der Waals surface area contributed by atoms with Crippen molar-refractivity contribution in [2.24, 2.45) is 0 Å². The van der Waals surface area contributed by atoms with Crippen LogP contribution in [0.3, 0.4) is 0 Å². The Balaban J connectivity index is 1.59. The first-order valence-electron chi connectivity index (χ1n) is 10.0. The van der Waals surface area contributed by atoms with Gasteiger partial charge in [-0.05, 0) is 53.9 Å². The van der Waals surface area contributed by atoms with Crippen LogP contribution in [-0.2, 0) is 6.42 Å². The third kappa shape index (κ3) is 5.65. The SMILES string of the molecule is Fc1cc(F)cc(Oc2cc(NCCc3ccc(S)cc3)ccc2-c2cccc(F)c2)c1. The van der Waals surface area contributed by atoms with E-state index in [9.17, 15) is 13.2 Å². The minimum absolute atomic E-state index is 0.0177. The molecule has 2 nitrogen and oxygen atoms in total. The molecular weight excluding hydrogens is 431 g/mol. The molecule has 0 unspecified atom stereocenters. The second-order valence-corrected chi connectivity index (χ2v) is 7.79. The zero-order chi connectivity index (χ0) is 22.5.